The minimum absolute atomic E-state index is 0.0884. The summed E-state index contributed by atoms with van der Waals surface area (Å²) in [5.41, 5.74) is 0.439. The van der Waals surface area contributed by atoms with Crippen molar-refractivity contribution in [2.75, 3.05) is 32.8 Å². The molecule has 1 aromatic rings. The molecule has 2 fully saturated rings. The molecule has 1 aromatic carbocycles. The summed E-state index contributed by atoms with van der Waals surface area (Å²) in [4.78, 5) is 14.4. The lowest BCUT2D eigenvalue weighted by atomic mass is 10.2. The van der Waals surface area contributed by atoms with Crippen LogP contribution in [0.1, 0.15) is 30.1 Å². The van der Waals surface area contributed by atoms with Crippen LogP contribution < -0.4 is 0 Å². The van der Waals surface area contributed by atoms with Crippen molar-refractivity contribution in [3.05, 3.63) is 29.8 Å². The van der Waals surface area contributed by atoms with Crippen molar-refractivity contribution in [2.24, 2.45) is 0 Å². The van der Waals surface area contributed by atoms with Crippen LogP contribution in [0.15, 0.2) is 29.2 Å². The van der Waals surface area contributed by atoms with Gasteiger partial charge in [0, 0.05) is 31.2 Å². The van der Waals surface area contributed by atoms with Gasteiger partial charge in [0.15, 0.2) is 0 Å². The summed E-state index contributed by atoms with van der Waals surface area (Å²) in [5.74, 6) is -0.0884. The fourth-order valence-electron chi connectivity index (χ4n) is 3.10. The minimum Gasteiger partial charge on any atom is -0.378 e. The number of likely N-dealkylation sites (tertiary alicyclic amines) is 1. The van der Waals surface area contributed by atoms with Crippen molar-refractivity contribution in [3.8, 4) is 0 Å². The van der Waals surface area contributed by atoms with Gasteiger partial charge in [-0.3, -0.25) is 4.79 Å². The van der Waals surface area contributed by atoms with Crippen LogP contribution in [0.5, 0.6) is 0 Å². The standard InChI is InChI=1S/C16H22N2O4S/c1-13-12-22-10-9-18(13)23(20,21)15-6-4-5-14(11-15)16(19)17-7-2-3-8-17/h4-6,11,13H,2-3,7-10,12H2,1H3. The highest BCUT2D eigenvalue weighted by atomic mass is 32.2. The number of sulfonamides is 1. The first-order valence-electron chi connectivity index (χ1n) is 7.99. The quantitative estimate of drug-likeness (QED) is 0.834. The Morgan fingerprint density at radius 1 is 1.22 bits per heavy atom. The summed E-state index contributed by atoms with van der Waals surface area (Å²) >= 11 is 0. The molecule has 1 amide bonds. The number of nitrogens with zero attached hydrogens (tertiary/aromatic N) is 2. The van der Waals surface area contributed by atoms with Gasteiger partial charge in [-0.25, -0.2) is 8.42 Å². The molecular weight excluding hydrogens is 316 g/mol. The Kier molecular flexibility index (Phi) is 4.70. The second-order valence-corrected chi connectivity index (χ2v) is 7.96. The molecule has 7 heteroatoms. The molecular formula is C16H22N2O4S. The molecule has 2 saturated heterocycles. The SMILES string of the molecule is CC1COCCN1S(=O)(=O)c1cccc(C(=O)N2CCCC2)c1. The summed E-state index contributed by atoms with van der Waals surface area (Å²) in [7, 11) is -3.61. The normalized spacial score (nSPS) is 23.2. The third kappa shape index (κ3) is 3.27. The van der Waals surface area contributed by atoms with Crippen molar-refractivity contribution < 1.29 is 17.9 Å². The Labute approximate surface area is 137 Å². The van der Waals surface area contributed by atoms with Crippen molar-refractivity contribution in [3.63, 3.8) is 0 Å². The number of benzene rings is 1. The highest BCUT2D eigenvalue weighted by Crippen LogP contribution is 2.22. The number of morpholine rings is 1. The Hall–Kier alpha value is -1.44. The lowest BCUT2D eigenvalue weighted by Gasteiger charge is -2.32. The fraction of sp³-hybridized carbons (Fsp3) is 0.562. The largest absolute Gasteiger partial charge is 0.378 e. The van der Waals surface area contributed by atoms with Crippen molar-refractivity contribution >= 4 is 15.9 Å². The zero-order chi connectivity index (χ0) is 16.4. The molecule has 2 aliphatic heterocycles. The molecule has 0 aliphatic carbocycles. The third-order valence-electron chi connectivity index (χ3n) is 4.39. The van der Waals surface area contributed by atoms with E-state index in [0.29, 0.717) is 25.3 Å². The number of carbonyl (C=O) groups is 1. The molecule has 0 N–H and O–H groups in total. The van der Waals surface area contributed by atoms with E-state index in [1.54, 1.807) is 23.1 Å². The van der Waals surface area contributed by atoms with E-state index in [4.69, 9.17) is 4.74 Å². The average molecular weight is 338 g/mol. The van der Waals surface area contributed by atoms with Gasteiger partial charge in [0.2, 0.25) is 10.0 Å². The predicted octanol–water partition coefficient (Wildman–Crippen LogP) is 1.33. The molecule has 0 bridgehead atoms. The van der Waals surface area contributed by atoms with Crippen LogP contribution in [0.3, 0.4) is 0 Å². The summed E-state index contributed by atoms with van der Waals surface area (Å²) in [5, 5.41) is 0. The van der Waals surface area contributed by atoms with E-state index in [1.807, 2.05) is 6.92 Å². The Bertz CT molecular complexity index is 683. The lowest BCUT2D eigenvalue weighted by Crippen LogP contribution is -2.46. The van der Waals surface area contributed by atoms with E-state index in [0.717, 1.165) is 25.9 Å². The van der Waals surface area contributed by atoms with Crippen LogP contribution in [0, 0.1) is 0 Å². The van der Waals surface area contributed by atoms with Crippen LogP contribution in [0.25, 0.3) is 0 Å². The van der Waals surface area contributed by atoms with E-state index in [2.05, 4.69) is 0 Å². The van der Waals surface area contributed by atoms with Crippen LogP contribution in [-0.2, 0) is 14.8 Å². The number of ether oxygens (including phenoxy) is 1. The molecule has 0 saturated carbocycles. The Morgan fingerprint density at radius 3 is 2.65 bits per heavy atom. The second kappa shape index (κ2) is 6.59. The summed E-state index contributed by atoms with van der Waals surface area (Å²) in [6.07, 6.45) is 2.02. The monoisotopic (exact) mass is 338 g/mol. The molecule has 1 unspecified atom stereocenters. The van der Waals surface area contributed by atoms with Crippen LogP contribution in [-0.4, -0.2) is 62.4 Å². The number of rotatable bonds is 3. The van der Waals surface area contributed by atoms with E-state index < -0.39 is 10.0 Å². The third-order valence-corrected chi connectivity index (χ3v) is 6.40. The molecule has 1 atom stereocenters. The topological polar surface area (TPSA) is 66.9 Å². The molecule has 126 valence electrons. The number of hydrogen-bond acceptors (Lipinski definition) is 4. The summed E-state index contributed by atoms with van der Waals surface area (Å²) in [6, 6.07) is 6.17. The number of hydrogen-bond donors (Lipinski definition) is 0. The average Bonchev–Trinajstić information content (AvgIpc) is 3.09. The van der Waals surface area contributed by atoms with Crippen molar-refractivity contribution in [2.45, 2.75) is 30.7 Å². The maximum Gasteiger partial charge on any atom is 0.253 e. The van der Waals surface area contributed by atoms with E-state index in [-0.39, 0.29) is 16.8 Å². The highest BCUT2D eigenvalue weighted by Gasteiger charge is 2.32. The first kappa shape index (κ1) is 16.4. The molecule has 2 aliphatic rings. The summed E-state index contributed by atoms with van der Waals surface area (Å²) in [6.45, 7) is 4.46. The molecule has 0 aromatic heterocycles. The van der Waals surface area contributed by atoms with Crippen LogP contribution in [0.2, 0.25) is 0 Å². The minimum atomic E-state index is -3.61. The molecule has 3 rings (SSSR count). The first-order valence-corrected chi connectivity index (χ1v) is 9.43. The van der Waals surface area contributed by atoms with Crippen LogP contribution in [0.4, 0.5) is 0 Å². The number of carbonyl (C=O) groups excluding carboxylic acids is 1. The fourth-order valence-corrected chi connectivity index (χ4v) is 4.74. The van der Waals surface area contributed by atoms with Gasteiger partial charge in [-0.2, -0.15) is 4.31 Å². The van der Waals surface area contributed by atoms with Gasteiger partial charge in [-0.05, 0) is 38.0 Å². The maximum absolute atomic E-state index is 12.8. The first-order chi connectivity index (χ1) is 11.0. The second-order valence-electron chi connectivity index (χ2n) is 6.07. The molecule has 0 spiro atoms. The van der Waals surface area contributed by atoms with Gasteiger partial charge < -0.3 is 9.64 Å². The Morgan fingerprint density at radius 2 is 1.96 bits per heavy atom. The molecule has 6 nitrogen and oxygen atoms in total. The van der Waals surface area contributed by atoms with Gasteiger partial charge >= 0.3 is 0 Å². The smallest absolute Gasteiger partial charge is 0.253 e. The zero-order valence-corrected chi connectivity index (χ0v) is 14.1. The van der Waals surface area contributed by atoms with Crippen LogP contribution >= 0.6 is 0 Å². The maximum atomic E-state index is 12.8. The van der Waals surface area contributed by atoms with Crippen molar-refractivity contribution in [1.29, 1.82) is 0 Å². The Balaban J connectivity index is 1.87. The van der Waals surface area contributed by atoms with Gasteiger partial charge in [0.05, 0.1) is 18.1 Å². The van der Waals surface area contributed by atoms with Gasteiger partial charge in [-0.1, -0.05) is 6.07 Å². The summed E-state index contributed by atoms with van der Waals surface area (Å²) < 4.78 is 32.4. The lowest BCUT2D eigenvalue weighted by molar-refractivity contribution is 0.0392. The van der Waals surface area contributed by atoms with Gasteiger partial charge in [0.25, 0.3) is 5.91 Å². The molecule has 0 radical (unpaired) electrons. The molecule has 23 heavy (non-hydrogen) atoms. The van der Waals surface area contributed by atoms with E-state index in [1.165, 1.54) is 10.4 Å². The number of amides is 1. The zero-order valence-electron chi connectivity index (χ0n) is 13.3. The van der Waals surface area contributed by atoms with Gasteiger partial charge in [-0.15, -0.1) is 0 Å². The highest BCUT2D eigenvalue weighted by molar-refractivity contribution is 7.89. The molecule has 2 heterocycles. The van der Waals surface area contributed by atoms with Crippen molar-refractivity contribution in [1.82, 2.24) is 9.21 Å². The van der Waals surface area contributed by atoms with Gasteiger partial charge in [0.1, 0.15) is 0 Å². The van der Waals surface area contributed by atoms with E-state index >= 15 is 0 Å². The van der Waals surface area contributed by atoms with E-state index in [9.17, 15) is 13.2 Å². The predicted molar refractivity (Wildman–Crippen MR) is 85.8 cm³/mol.